The molecule has 1 unspecified atom stereocenters. The van der Waals surface area contributed by atoms with Crippen LogP contribution in [0.25, 0.3) is 10.9 Å². The molecule has 2 aromatic carbocycles. The Morgan fingerprint density at radius 3 is 2.59 bits per heavy atom. The molecule has 0 saturated carbocycles. The molecule has 0 bridgehead atoms. The van der Waals surface area contributed by atoms with Gasteiger partial charge in [-0.1, -0.05) is 44.5 Å². The number of carbonyl (C=O) groups is 1. The van der Waals surface area contributed by atoms with Crippen LogP contribution in [0, 0.1) is 5.92 Å². The molecule has 112 valence electrons. The minimum atomic E-state index is 0.0188. The molecular formula is C20H21NO. The van der Waals surface area contributed by atoms with Gasteiger partial charge < -0.3 is 0 Å². The van der Waals surface area contributed by atoms with E-state index in [-0.39, 0.29) is 5.91 Å². The zero-order chi connectivity index (χ0) is 15.5. The van der Waals surface area contributed by atoms with Crippen LogP contribution in [-0.4, -0.2) is 10.5 Å². The number of rotatable bonds is 4. The molecule has 0 aliphatic rings. The zero-order valence-electron chi connectivity index (χ0n) is 13.1. The molecule has 0 saturated heterocycles. The van der Waals surface area contributed by atoms with Crippen molar-refractivity contribution in [2.75, 3.05) is 0 Å². The number of aromatic nitrogens is 1. The topological polar surface area (TPSA) is 22.0 Å². The van der Waals surface area contributed by atoms with Gasteiger partial charge in [0, 0.05) is 17.1 Å². The summed E-state index contributed by atoms with van der Waals surface area (Å²) in [6.07, 6.45) is 4.14. The highest BCUT2D eigenvalue weighted by Crippen LogP contribution is 2.21. The summed E-state index contributed by atoms with van der Waals surface area (Å²) in [5, 5.41) is 1.13. The number of hydrogen-bond donors (Lipinski definition) is 0. The lowest BCUT2D eigenvalue weighted by Crippen LogP contribution is -2.10. The molecule has 3 aromatic rings. The van der Waals surface area contributed by atoms with Crippen LogP contribution >= 0.6 is 0 Å². The van der Waals surface area contributed by atoms with Gasteiger partial charge >= 0.3 is 0 Å². The summed E-state index contributed by atoms with van der Waals surface area (Å²) in [6, 6.07) is 17.8. The fourth-order valence-corrected chi connectivity index (χ4v) is 2.76. The van der Waals surface area contributed by atoms with E-state index in [9.17, 15) is 4.79 Å². The van der Waals surface area contributed by atoms with Crippen LogP contribution < -0.4 is 0 Å². The van der Waals surface area contributed by atoms with Gasteiger partial charge in [0.2, 0.25) is 0 Å². The molecule has 0 aliphatic carbocycles. The maximum absolute atomic E-state index is 12.6. The second-order valence-electron chi connectivity index (χ2n) is 5.97. The fourth-order valence-electron chi connectivity index (χ4n) is 2.76. The number of benzene rings is 2. The third kappa shape index (κ3) is 2.82. The summed E-state index contributed by atoms with van der Waals surface area (Å²) in [4.78, 5) is 12.6. The molecule has 3 rings (SSSR count). The van der Waals surface area contributed by atoms with Crippen LogP contribution in [-0.2, 0) is 6.42 Å². The summed E-state index contributed by atoms with van der Waals surface area (Å²) in [5.74, 6) is 0.704. The summed E-state index contributed by atoms with van der Waals surface area (Å²) in [5.41, 5.74) is 3.03. The maximum atomic E-state index is 12.6. The molecule has 22 heavy (non-hydrogen) atoms. The van der Waals surface area contributed by atoms with Crippen molar-refractivity contribution in [2.45, 2.75) is 26.7 Å². The van der Waals surface area contributed by atoms with E-state index in [4.69, 9.17) is 0 Å². The highest BCUT2D eigenvalue weighted by Gasteiger charge is 2.11. The third-order valence-corrected chi connectivity index (χ3v) is 4.28. The molecule has 1 atom stereocenters. The van der Waals surface area contributed by atoms with E-state index < -0.39 is 0 Å². The van der Waals surface area contributed by atoms with Crippen molar-refractivity contribution in [3.05, 3.63) is 71.9 Å². The Balaban J connectivity index is 1.94. The smallest absolute Gasteiger partial charge is 0.262 e. The summed E-state index contributed by atoms with van der Waals surface area (Å²) in [6.45, 7) is 4.49. The standard InChI is InChI=1S/C20H21NO/c1-3-15(2)13-16-9-10-19-18(14-16)11-12-21(19)20(22)17-7-5-4-6-8-17/h4-12,14-15H,3,13H2,1-2H3. The van der Waals surface area contributed by atoms with Gasteiger partial charge in [-0.05, 0) is 48.2 Å². The van der Waals surface area contributed by atoms with Crippen molar-refractivity contribution in [3.8, 4) is 0 Å². The van der Waals surface area contributed by atoms with Gasteiger partial charge in [0.15, 0.2) is 0 Å². The molecule has 0 N–H and O–H groups in total. The highest BCUT2D eigenvalue weighted by atomic mass is 16.2. The van der Waals surface area contributed by atoms with Gasteiger partial charge in [0.1, 0.15) is 0 Å². The second kappa shape index (κ2) is 6.18. The molecular weight excluding hydrogens is 270 g/mol. The van der Waals surface area contributed by atoms with Crippen LogP contribution in [0.1, 0.15) is 36.2 Å². The summed E-state index contributed by atoms with van der Waals surface area (Å²) >= 11 is 0. The van der Waals surface area contributed by atoms with Crippen molar-refractivity contribution >= 4 is 16.8 Å². The first-order valence-corrected chi connectivity index (χ1v) is 7.88. The summed E-state index contributed by atoms with van der Waals surface area (Å²) in [7, 11) is 0. The van der Waals surface area contributed by atoms with Gasteiger partial charge in [-0.25, -0.2) is 0 Å². The SMILES string of the molecule is CCC(C)Cc1ccc2c(ccn2C(=O)c2ccccc2)c1. The van der Waals surface area contributed by atoms with E-state index in [0.29, 0.717) is 11.5 Å². The third-order valence-electron chi connectivity index (χ3n) is 4.28. The van der Waals surface area contributed by atoms with E-state index in [0.717, 1.165) is 17.3 Å². The van der Waals surface area contributed by atoms with Crippen molar-refractivity contribution in [3.63, 3.8) is 0 Å². The Morgan fingerprint density at radius 1 is 1.09 bits per heavy atom. The molecule has 0 radical (unpaired) electrons. The number of nitrogens with zero attached hydrogens (tertiary/aromatic N) is 1. The van der Waals surface area contributed by atoms with Gasteiger partial charge in [-0.3, -0.25) is 9.36 Å². The molecule has 2 nitrogen and oxygen atoms in total. The molecule has 0 spiro atoms. The predicted octanol–water partition coefficient (Wildman–Crippen LogP) is 4.92. The Hall–Kier alpha value is -2.35. The molecule has 2 heteroatoms. The van der Waals surface area contributed by atoms with Crippen molar-refractivity contribution in [1.29, 1.82) is 0 Å². The zero-order valence-corrected chi connectivity index (χ0v) is 13.1. The van der Waals surface area contributed by atoms with E-state index in [1.807, 2.05) is 42.6 Å². The average Bonchev–Trinajstić information content (AvgIpc) is 2.98. The van der Waals surface area contributed by atoms with Gasteiger partial charge in [0.05, 0.1) is 5.52 Å². The monoisotopic (exact) mass is 291 g/mol. The first kappa shape index (κ1) is 14.6. The molecule has 1 aromatic heterocycles. The average molecular weight is 291 g/mol. The van der Waals surface area contributed by atoms with Crippen LogP contribution in [0.3, 0.4) is 0 Å². The van der Waals surface area contributed by atoms with Crippen LogP contribution in [0.4, 0.5) is 0 Å². The lowest BCUT2D eigenvalue weighted by atomic mass is 9.98. The van der Waals surface area contributed by atoms with E-state index in [2.05, 4.69) is 32.0 Å². The first-order chi connectivity index (χ1) is 10.7. The quantitative estimate of drug-likeness (QED) is 0.669. The Kier molecular flexibility index (Phi) is 4.10. The number of hydrogen-bond acceptors (Lipinski definition) is 1. The van der Waals surface area contributed by atoms with Gasteiger partial charge in [0.25, 0.3) is 5.91 Å². The fraction of sp³-hybridized carbons (Fsp3) is 0.250. The normalized spacial score (nSPS) is 12.5. The minimum Gasteiger partial charge on any atom is -0.283 e. The van der Waals surface area contributed by atoms with Crippen molar-refractivity contribution in [2.24, 2.45) is 5.92 Å². The van der Waals surface area contributed by atoms with Crippen LogP contribution in [0.15, 0.2) is 60.8 Å². The lowest BCUT2D eigenvalue weighted by Gasteiger charge is -2.09. The molecule has 0 fully saturated rings. The van der Waals surface area contributed by atoms with Crippen molar-refractivity contribution < 1.29 is 4.79 Å². The Bertz CT molecular complexity index is 786. The van der Waals surface area contributed by atoms with E-state index in [1.165, 1.54) is 12.0 Å². The Morgan fingerprint density at radius 2 is 1.86 bits per heavy atom. The molecule has 0 amide bonds. The number of carbonyl (C=O) groups excluding carboxylic acids is 1. The predicted molar refractivity (Wildman–Crippen MR) is 91.3 cm³/mol. The van der Waals surface area contributed by atoms with Gasteiger partial charge in [-0.2, -0.15) is 0 Å². The largest absolute Gasteiger partial charge is 0.283 e. The molecule has 0 aliphatic heterocycles. The van der Waals surface area contributed by atoms with Crippen molar-refractivity contribution in [1.82, 2.24) is 4.57 Å². The minimum absolute atomic E-state index is 0.0188. The Labute approximate surface area is 131 Å². The first-order valence-electron chi connectivity index (χ1n) is 7.88. The van der Waals surface area contributed by atoms with Crippen LogP contribution in [0.2, 0.25) is 0 Å². The summed E-state index contributed by atoms with van der Waals surface area (Å²) < 4.78 is 1.73. The highest BCUT2D eigenvalue weighted by molar-refractivity contribution is 6.02. The second-order valence-corrected chi connectivity index (χ2v) is 5.97. The van der Waals surface area contributed by atoms with Crippen LogP contribution in [0.5, 0.6) is 0 Å². The maximum Gasteiger partial charge on any atom is 0.262 e. The van der Waals surface area contributed by atoms with E-state index >= 15 is 0 Å². The lowest BCUT2D eigenvalue weighted by molar-refractivity contribution is 0.0965. The number of fused-ring (bicyclic) bond motifs is 1. The van der Waals surface area contributed by atoms with E-state index in [1.54, 1.807) is 4.57 Å². The molecule has 1 heterocycles. The van der Waals surface area contributed by atoms with Gasteiger partial charge in [-0.15, -0.1) is 0 Å².